The Labute approximate surface area is 187 Å². The van der Waals surface area contributed by atoms with E-state index in [-0.39, 0.29) is 29.3 Å². The molecule has 1 aliphatic heterocycles. The number of carbonyl (C=O) groups is 2. The van der Waals surface area contributed by atoms with Crippen molar-refractivity contribution in [1.82, 2.24) is 14.2 Å². The first kappa shape index (κ1) is 23.7. The van der Waals surface area contributed by atoms with Gasteiger partial charge in [0, 0.05) is 31.9 Å². The molecule has 9 nitrogen and oxygen atoms in total. The predicted molar refractivity (Wildman–Crippen MR) is 117 cm³/mol. The van der Waals surface area contributed by atoms with Crippen LogP contribution in [-0.4, -0.2) is 73.7 Å². The predicted octanol–water partition coefficient (Wildman–Crippen LogP) is 1.87. The van der Waals surface area contributed by atoms with Crippen molar-refractivity contribution in [2.24, 2.45) is 0 Å². The van der Waals surface area contributed by atoms with Crippen LogP contribution in [0.3, 0.4) is 0 Å². The van der Waals surface area contributed by atoms with E-state index in [1.165, 1.54) is 23.5 Å². The number of carbonyl (C=O) groups excluding carboxylic acids is 2. The molecule has 1 saturated heterocycles. The molecule has 2 heterocycles. The first-order chi connectivity index (χ1) is 15.1. The fourth-order valence-electron chi connectivity index (χ4n) is 4.03. The van der Waals surface area contributed by atoms with Gasteiger partial charge in [-0.25, -0.2) is 13.2 Å². The molecule has 1 aliphatic rings. The van der Waals surface area contributed by atoms with Gasteiger partial charge in [-0.2, -0.15) is 9.57 Å². The van der Waals surface area contributed by atoms with Crippen LogP contribution in [0.25, 0.3) is 0 Å². The molecule has 170 valence electrons. The maximum Gasteiger partial charge on any atom is 0.339 e. The Bertz CT molecular complexity index is 1190. The number of esters is 1. The quantitative estimate of drug-likeness (QED) is 0.518. The van der Waals surface area contributed by atoms with Crippen molar-refractivity contribution in [3.8, 4) is 6.07 Å². The summed E-state index contributed by atoms with van der Waals surface area (Å²) >= 11 is 0. The topological polar surface area (TPSA) is 124 Å². The smallest absolute Gasteiger partial charge is 0.339 e. The van der Waals surface area contributed by atoms with Gasteiger partial charge < -0.3 is 9.72 Å². The van der Waals surface area contributed by atoms with Gasteiger partial charge in [-0.1, -0.05) is 12.1 Å². The van der Waals surface area contributed by atoms with Crippen LogP contribution in [0.1, 0.15) is 44.6 Å². The fraction of sp³-hybridized carbons (Fsp3) is 0.409. The van der Waals surface area contributed by atoms with E-state index in [4.69, 9.17) is 4.74 Å². The van der Waals surface area contributed by atoms with E-state index in [2.05, 4.69) is 4.98 Å². The highest BCUT2D eigenvalue weighted by atomic mass is 32.2. The molecule has 0 spiro atoms. The summed E-state index contributed by atoms with van der Waals surface area (Å²) in [5, 5.41) is 9.25. The molecule has 0 aliphatic carbocycles. The van der Waals surface area contributed by atoms with E-state index in [1.54, 1.807) is 32.9 Å². The lowest BCUT2D eigenvalue weighted by atomic mass is 10.0. The van der Waals surface area contributed by atoms with E-state index in [0.717, 1.165) is 0 Å². The second kappa shape index (κ2) is 9.24. The second-order valence-corrected chi connectivity index (χ2v) is 9.61. The van der Waals surface area contributed by atoms with Gasteiger partial charge in [0.25, 0.3) is 0 Å². The average molecular weight is 459 g/mol. The number of H-pyrrole nitrogens is 1. The third-order valence-corrected chi connectivity index (χ3v) is 7.86. The maximum atomic E-state index is 13.1. The van der Waals surface area contributed by atoms with Crippen LogP contribution in [-0.2, 0) is 14.8 Å². The number of rotatable bonds is 6. The first-order valence-corrected chi connectivity index (χ1v) is 11.6. The number of ketones is 1. The molecule has 0 amide bonds. The average Bonchev–Trinajstić information content (AvgIpc) is 3.11. The van der Waals surface area contributed by atoms with Crippen molar-refractivity contribution in [2.45, 2.75) is 31.7 Å². The Hall–Kier alpha value is -3.00. The molecule has 1 fully saturated rings. The van der Waals surface area contributed by atoms with Crippen molar-refractivity contribution < 1.29 is 22.7 Å². The summed E-state index contributed by atoms with van der Waals surface area (Å²) in [6.45, 7) is 6.32. The number of nitriles is 1. The summed E-state index contributed by atoms with van der Waals surface area (Å²) in [6.07, 6.45) is 0. The summed E-state index contributed by atoms with van der Waals surface area (Å²) in [5.41, 5.74) is 1.93. The van der Waals surface area contributed by atoms with E-state index in [9.17, 15) is 23.3 Å². The molecule has 0 radical (unpaired) electrons. The van der Waals surface area contributed by atoms with Crippen molar-refractivity contribution in [1.29, 1.82) is 5.26 Å². The van der Waals surface area contributed by atoms with Gasteiger partial charge in [0.05, 0.1) is 34.9 Å². The molecule has 1 aromatic heterocycles. The van der Waals surface area contributed by atoms with Crippen LogP contribution in [0.2, 0.25) is 0 Å². The van der Waals surface area contributed by atoms with Gasteiger partial charge in [0.2, 0.25) is 10.0 Å². The normalized spacial score (nSPS) is 16.3. The number of benzene rings is 1. The van der Waals surface area contributed by atoms with Crippen LogP contribution < -0.4 is 0 Å². The number of nitrogens with zero attached hydrogens (tertiary/aromatic N) is 3. The Morgan fingerprint density at radius 3 is 2.38 bits per heavy atom. The summed E-state index contributed by atoms with van der Waals surface area (Å²) in [5.74, 6) is -0.675. The van der Waals surface area contributed by atoms with Crippen LogP contribution in [0, 0.1) is 25.2 Å². The summed E-state index contributed by atoms with van der Waals surface area (Å²) in [4.78, 5) is 30.0. The third kappa shape index (κ3) is 4.19. The molecule has 1 atom stereocenters. The molecular formula is C22H26N4O5S. The molecule has 3 rings (SSSR count). The van der Waals surface area contributed by atoms with E-state index in [1.807, 2.05) is 11.0 Å². The summed E-state index contributed by atoms with van der Waals surface area (Å²) < 4.78 is 32.2. The van der Waals surface area contributed by atoms with E-state index >= 15 is 0 Å². The van der Waals surface area contributed by atoms with Crippen LogP contribution in [0.5, 0.6) is 0 Å². The van der Waals surface area contributed by atoms with Crippen LogP contribution in [0.15, 0.2) is 29.2 Å². The zero-order valence-electron chi connectivity index (χ0n) is 18.5. The minimum absolute atomic E-state index is 0.00657. The van der Waals surface area contributed by atoms with Crippen LogP contribution in [0.4, 0.5) is 0 Å². The Morgan fingerprint density at radius 2 is 1.78 bits per heavy atom. The number of aryl methyl sites for hydroxylation is 1. The maximum absolute atomic E-state index is 13.1. The molecule has 0 saturated carbocycles. The zero-order valence-corrected chi connectivity index (χ0v) is 19.3. The highest BCUT2D eigenvalue weighted by Gasteiger charge is 2.34. The molecule has 0 unspecified atom stereocenters. The summed E-state index contributed by atoms with van der Waals surface area (Å²) in [6, 6.07) is 7.55. The fourth-order valence-corrected chi connectivity index (χ4v) is 5.60. The van der Waals surface area contributed by atoms with Gasteiger partial charge in [-0.15, -0.1) is 0 Å². The van der Waals surface area contributed by atoms with E-state index in [0.29, 0.717) is 35.6 Å². The number of ether oxygens (including phenoxy) is 1. The lowest BCUT2D eigenvalue weighted by Gasteiger charge is -2.36. The molecular weight excluding hydrogens is 432 g/mol. The number of sulfonamides is 1. The molecule has 0 bridgehead atoms. The lowest BCUT2D eigenvalue weighted by molar-refractivity contribution is 0.0599. The third-order valence-electron chi connectivity index (χ3n) is 5.90. The van der Waals surface area contributed by atoms with Gasteiger partial charge in [-0.3, -0.25) is 9.69 Å². The van der Waals surface area contributed by atoms with Gasteiger partial charge in [0.15, 0.2) is 5.78 Å². The van der Waals surface area contributed by atoms with E-state index < -0.39 is 22.0 Å². The highest BCUT2D eigenvalue weighted by Crippen LogP contribution is 2.24. The Kier molecular flexibility index (Phi) is 6.83. The van der Waals surface area contributed by atoms with Crippen molar-refractivity contribution in [3.63, 3.8) is 0 Å². The number of Topliss-reactive ketones (excluding diaryl/α,β-unsaturated/α-hetero) is 1. The minimum atomic E-state index is -3.81. The summed E-state index contributed by atoms with van der Waals surface area (Å²) in [7, 11) is -2.51. The molecule has 10 heteroatoms. The Morgan fingerprint density at radius 1 is 1.16 bits per heavy atom. The molecule has 32 heavy (non-hydrogen) atoms. The van der Waals surface area contributed by atoms with Gasteiger partial charge in [0.1, 0.15) is 6.07 Å². The number of hydrogen-bond donors (Lipinski definition) is 1. The standard InChI is InChI=1S/C22H26N4O5S/c1-14-19(22(28)31-4)15(2)24-20(14)21(27)16(3)25-9-11-26(12-10-25)32(29,30)18-8-6-5-7-17(18)13-23/h5-8,16,24H,9-12H2,1-4H3/t16-/m1/s1. The largest absolute Gasteiger partial charge is 0.465 e. The molecule has 1 aromatic carbocycles. The number of aromatic nitrogens is 1. The number of hydrogen-bond acceptors (Lipinski definition) is 7. The number of aromatic amines is 1. The monoisotopic (exact) mass is 458 g/mol. The zero-order chi connectivity index (χ0) is 23.6. The highest BCUT2D eigenvalue weighted by molar-refractivity contribution is 7.89. The lowest BCUT2D eigenvalue weighted by Crippen LogP contribution is -2.53. The Balaban J connectivity index is 1.74. The van der Waals surface area contributed by atoms with Crippen molar-refractivity contribution >= 4 is 21.8 Å². The first-order valence-electron chi connectivity index (χ1n) is 10.2. The number of nitrogens with one attached hydrogen (secondary N) is 1. The molecule has 1 N–H and O–H groups in total. The van der Waals surface area contributed by atoms with Crippen molar-refractivity contribution in [2.75, 3.05) is 33.3 Å². The SMILES string of the molecule is COC(=O)c1c(C)[nH]c(C(=O)[C@@H](C)N2CCN(S(=O)(=O)c3ccccc3C#N)CC2)c1C. The van der Waals surface area contributed by atoms with Crippen LogP contribution >= 0.6 is 0 Å². The van der Waals surface area contributed by atoms with Crippen molar-refractivity contribution in [3.05, 3.63) is 52.3 Å². The molecule has 2 aromatic rings. The number of methoxy groups -OCH3 is 1. The number of piperazine rings is 1. The van der Waals surface area contributed by atoms with Gasteiger partial charge >= 0.3 is 5.97 Å². The second-order valence-electron chi connectivity index (χ2n) is 7.70. The minimum Gasteiger partial charge on any atom is -0.465 e. The van der Waals surface area contributed by atoms with Gasteiger partial charge in [-0.05, 0) is 38.5 Å².